The van der Waals surface area contributed by atoms with Gasteiger partial charge >= 0.3 is 6.20 Å². The molecule has 0 saturated heterocycles. The lowest BCUT2D eigenvalue weighted by Gasteiger charge is -1.87. The Morgan fingerprint density at radius 3 is 3.22 bits per heavy atom. The van der Waals surface area contributed by atoms with Crippen molar-refractivity contribution in [1.82, 2.24) is 4.99 Å². The molecule has 0 aliphatic carbocycles. The second kappa shape index (κ2) is 3.02. The van der Waals surface area contributed by atoms with Gasteiger partial charge in [-0.25, -0.2) is 0 Å². The maximum Gasteiger partial charge on any atom is 0.358 e. The molecule has 0 spiro atoms. The van der Waals surface area contributed by atoms with Crippen molar-refractivity contribution >= 4 is 6.21 Å². The largest absolute Gasteiger partial charge is 0.358 e. The standard InChI is InChI=1S/C8H8N/c1-2-4-8-5-3-6-9-7-8/h2-3,5-6H,1,4H2/q+1. The van der Waals surface area contributed by atoms with E-state index in [9.17, 15) is 0 Å². The van der Waals surface area contributed by atoms with E-state index >= 15 is 0 Å². The molecule has 0 atom stereocenters. The first kappa shape index (κ1) is 6.02. The Bertz CT molecular complexity index is 185. The highest BCUT2D eigenvalue weighted by atomic mass is 14.7. The van der Waals surface area contributed by atoms with Crippen LogP contribution in [0.4, 0.5) is 0 Å². The number of allylic oxidation sites excluding steroid dienone is 4. The topological polar surface area (TPSA) is 14.1 Å². The molecule has 9 heavy (non-hydrogen) atoms. The molecule has 1 nitrogen and oxygen atoms in total. The number of rotatable bonds is 2. The van der Waals surface area contributed by atoms with Gasteiger partial charge in [0.2, 0.25) is 6.21 Å². The number of hydrogen-bond donors (Lipinski definition) is 0. The fourth-order valence-electron chi connectivity index (χ4n) is 0.629. The van der Waals surface area contributed by atoms with Gasteiger partial charge in [0.05, 0.1) is 4.99 Å². The second-order valence-electron chi connectivity index (χ2n) is 1.77. The highest BCUT2D eigenvalue weighted by molar-refractivity contribution is 5.72. The molecule has 44 valence electrons. The molecule has 0 saturated carbocycles. The van der Waals surface area contributed by atoms with Crippen molar-refractivity contribution in [3.05, 3.63) is 36.6 Å². The zero-order valence-corrected chi connectivity index (χ0v) is 5.17. The Labute approximate surface area is 55.1 Å². The molecule has 1 aliphatic rings. The maximum atomic E-state index is 3.83. The minimum atomic E-state index is 0.855. The van der Waals surface area contributed by atoms with Gasteiger partial charge in [-0.3, -0.25) is 0 Å². The van der Waals surface area contributed by atoms with Gasteiger partial charge in [0.15, 0.2) is 0 Å². The number of hydrogen-bond acceptors (Lipinski definition) is 1. The quantitative estimate of drug-likeness (QED) is 0.484. The summed E-state index contributed by atoms with van der Waals surface area (Å²) in [6.45, 7) is 3.61. The van der Waals surface area contributed by atoms with Crippen molar-refractivity contribution < 1.29 is 0 Å². The molecule has 0 N–H and O–H groups in total. The van der Waals surface area contributed by atoms with Gasteiger partial charge in [-0.15, -0.1) is 6.58 Å². The molecule has 1 heterocycles. The Morgan fingerprint density at radius 2 is 2.67 bits per heavy atom. The minimum absolute atomic E-state index is 0.855. The fraction of sp³-hybridized carbons (Fsp3) is 0.125. The molecule has 0 fully saturated rings. The van der Waals surface area contributed by atoms with E-state index < -0.39 is 0 Å². The lowest BCUT2D eigenvalue weighted by atomic mass is 10.2. The Hall–Kier alpha value is -1.11. The molecule has 1 rings (SSSR count). The molecule has 0 amide bonds. The summed E-state index contributed by atoms with van der Waals surface area (Å²) in [4.78, 5) is 3.83. The van der Waals surface area contributed by atoms with Crippen LogP contribution in [0.2, 0.25) is 0 Å². The molecule has 0 aromatic rings. The first-order chi connectivity index (χ1) is 4.43. The van der Waals surface area contributed by atoms with Crippen molar-refractivity contribution in [2.75, 3.05) is 0 Å². The SMILES string of the molecule is C=CCC1=[C][N+]=CC=C1. The average Bonchev–Trinajstić information content (AvgIpc) is 1.91. The fourth-order valence-corrected chi connectivity index (χ4v) is 0.629. The highest BCUT2D eigenvalue weighted by Gasteiger charge is 1.99. The van der Waals surface area contributed by atoms with Crippen LogP contribution in [0.15, 0.2) is 30.4 Å². The van der Waals surface area contributed by atoms with E-state index in [1.54, 1.807) is 6.21 Å². The summed E-state index contributed by atoms with van der Waals surface area (Å²) in [5.41, 5.74) is 1.09. The van der Waals surface area contributed by atoms with Crippen LogP contribution in [0.3, 0.4) is 0 Å². The van der Waals surface area contributed by atoms with E-state index in [-0.39, 0.29) is 0 Å². The van der Waals surface area contributed by atoms with Crippen LogP contribution in [0.1, 0.15) is 6.42 Å². The van der Waals surface area contributed by atoms with Crippen molar-refractivity contribution in [3.63, 3.8) is 0 Å². The molecule has 2 radical (unpaired) electrons. The third kappa shape index (κ3) is 1.68. The van der Waals surface area contributed by atoms with Gasteiger partial charge in [-0.1, -0.05) is 6.08 Å². The maximum absolute atomic E-state index is 3.83. The van der Waals surface area contributed by atoms with Crippen LogP contribution >= 0.6 is 0 Å². The molecule has 0 bridgehead atoms. The third-order valence-corrected chi connectivity index (χ3v) is 1.03. The van der Waals surface area contributed by atoms with Gasteiger partial charge in [0.25, 0.3) is 0 Å². The number of nitrogens with zero attached hydrogens (tertiary/aromatic N) is 1. The Kier molecular flexibility index (Phi) is 2.02. The van der Waals surface area contributed by atoms with E-state index in [1.807, 2.05) is 18.2 Å². The van der Waals surface area contributed by atoms with Crippen LogP contribution in [0, 0.1) is 6.20 Å². The van der Waals surface area contributed by atoms with Crippen molar-refractivity contribution in [3.8, 4) is 0 Å². The van der Waals surface area contributed by atoms with Gasteiger partial charge in [-0.05, 0) is 12.5 Å². The summed E-state index contributed by atoms with van der Waals surface area (Å²) in [5, 5.41) is 0. The van der Waals surface area contributed by atoms with Gasteiger partial charge in [-0.2, -0.15) is 0 Å². The van der Waals surface area contributed by atoms with E-state index in [2.05, 4.69) is 17.8 Å². The third-order valence-electron chi connectivity index (χ3n) is 1.03. The van der Waals surface area contributed by atoms with Crippen molar-refractivity contribution in [1.29, 1.82) is 0 Å². The Morgan fingerprint density at radius 1 is 1.78 bits per heavy atom. The van der Waals surface area contributed by atoms with E-state index in [0.29, 0.717) is 0 Å². The molecule has 0 aromatic heterocycles. The van der Waals surface area contributed by atoms with E-state index in [4.69, 9.17) is 0 Å². The minimum Gasteiger partial charge on any atom is -0.103 e. The summed E-state index contributed by atoms with van der Waals surface area (Å²) >= 11 is 0. The van der Waals surface area contributed by atoms with Gasteiger partial charge in [0, 0.05) is 11.6 Å². The first-order valence-corrected chi connectivity index (χ1v) is 2.86. The average molecular weight is 118 g/mol. The molecule has 1 heteroatoms. The smallest absolute Gasteiger partial charge is 0.103 e. The summed E-state index contributed by atoms with van der Waals surface area (Å²) in [6.07, 6.45) is 11.1. The van der Waals surface area contributed by atoms with Crippen LogP contribution in [-0.4, -0.2) is 6.21 Å². The highest BCUT2D eigenvalue weighted by Crippen LogP contribution is 2.02. The van der Waals surface area contributed by atoms with Crippen LogP contribution in [0.5, 0.6) is 0 Å². The van der Waals surface area contributed by atoms with Crippen molar-refractivity contribution in [2.45, 2.75) is 6.42 Å². The molecule has 1 aliphatic heterocycles. The second-order valence-corrected chi connectivity index (χ2v) is 1.77. The summed E-state index contributed by atoms with van der Waals surface area (Å²) in [7, 11) is 0. The first-order valence-electron chi connectivity index (χ1n) is 2.86. The predicted octanol–water partition coefficient (Wildman–Crippen LogP) is 1.23. The van der Waals surface area contributed by atoms with Crippen LogP contribution in [0.25, 0.3) is 0 Å². The van der Waals surface area contributed by atoms with E-state index in [1.165, 1.54) is 0 Å². The summed E-state index contributed by atoms with van der Waals surface area (Å²) in [6, 6.07) is 0. The van der Waals surface area contributed by atoms with Gasteiger partial charge in [0.1, 0.15) is 0 Å². The zero-order chi connectivity index (χ0) is 6.53. The van der Waals surface area contributed by atoms with E-state index in [0.717, 1.165) is 12.0 Å². The predicted molar refractivity (Wildman–Crippen MR) is 38.9 cm³/mol. The number of aliphatic imine (C=N–C) groups is 1. The lowest BCUT2D eigenvalue weighted by Crippen LogP contribution is -1.89. The normalized spacial score (nSPS) is 15.3. The summed E-state index contributed by atoms with van der Waals surface area (Å²) in [5.74, 6) is 0. The summed E-state index contributed by atoms with van der Waals surface area (Å²) < 4.78 is 0. The molecule has 0 unspecified atom stereocenters. The van der Waals surface area contributed by atoms with Crippen LogP contribution in [-0.2, 0) is 0 Å². The van der Waals surface area contributed by atoms with Gasteiger partial charge < -0.3 is 0 Å². The Balaban J connectivity index is 2.60. The zero-order valence-electron chi connectivity index (χ0n) is 5.17. The van der Waals surface area contributed by atoms with Crippen LogP contribution < -0.4 is 4.99 Å². The monoisotopic (exact) mass is 118 g/mol. The lowest BCUT2D eigenvalue weighted by molar-refractivity contribution is 1.18. The molecular weight excluding hydrogens is 110 g/mol. The molecular formula is C8H8N+. The van der Waals surface area contributed by atoms with Crippen molar-refractivity contribution in [2.24, 2.45) is 0 Å². The molecule has 0 aromatic carbocycles.